The minimum absolute atomic E-state index is 0.0171. The topological polar surface area (TPSA) is 119 Å². The second-order valence-corrected chi connectivity index (χ2v) is 13.7. The van der Waals surface area contributed by atoms with Crippen LogP contribution >= 0.6 is 7.37 Å². The second-order valence-electron chi connectivity index (χ2n) is 11.0. The Labute approximate surface area is 209 Å². The van der Waals surface area contributed by atoms with Crippen molar-refractivity contribution in [2.24, 2.45) is 11.8 Å². The molecule has 1 N–H and O–H groups in total. The zero-order chi connectivity index (χ0) is 25.4. The summed E-state index contributed by atoms with van der Waals surface area (Å²) in [5.74, 6) is -0.558. The van der Waals surface area contributed by atoms with Crippen molar-refractivity contribution in [3.05, 3.63) is 34.9 Å². The minimum Gasteiger partial charge on any atom is -0.504 e. The normalized spacial score (nSPS) is 31.9. The second kappa shape index (κ2) is 8.18. The van der Waals surface area contributed by atoms with Gasteiger partial charge in [-0.25, -0.2) is 4.79 Å². The number of carbonyl (C=O) groups is 3. The number of phenols is 1. The zero-order valence-corrected chi connectivity index (χ0v) is 21.3. The van der Waals surface area contributed by atoms with Crippen LogP contribution in [0.5, 0.6) is 11.5 Å². The maximum atomic E-state index is 12.6. The van der Waals surface area contributed by atoms with Crippen molar-refractivity contribution in [2.75, 3.05) is 13.3 Å². The Bertz CT molecular complexity index is 1230. The van der Waals surface area contributed by atoms with Crippen LogP contribution in [0.4, 0.5) is 0 Å². The van der Waals surface area contributed by atoms with Gasteiger partial charge in [0.2, 0.25) is 0 Å². The van der Waals surface area contributed by atoms with E-state index in [2.05, 4.69) is 6.08 Å². The number of benzene rings is 1. The van der Waals surface area contributed by atoms with Gasteiger partial charge in [0.25, 0.3) is 11.8 Å². The Kier molecular flexibility index (Phi) is 5.40. The summed E-state index contributed by atoms with van der Waals surface area (Å²) in [7, 11) is -2.79. The molecule has 1 aromatic rings. The van der Waals surface area contributed by atoms with E-state index in [1.54, 1.807) is 19.4 Å². The fraction of sp³-hybridized carbons (Fsp3) is 0.577. The maximum Gasteiger partial charge on any atom is 0.333 e. The highest BCUT2D eigenvalue weighted by Crippen LogP contribution is 2.66. The van der Waals surface area contributed by atoms with Gasteiger partial charge in [0.15, 0.2) is 18.9 Å². The predicted molar refractivity (Wildman–Crippen MR) is 128 cm³/mol. The van der Waals surface area contributed by atoms with Crippen molar-refractivity contribution < 1.29 is 38.2 Å². The molecule has 1 saturated heterocycles. The lowest BCUT2D eigenvalue weighted by Gasteiger charge is -2.54. The third-order valence-electron chi connectivity index (χ3n) is 8.39. The third-order valence-corrected chi connectivity index (χ3v) is 9.14. The van der Waals surface area contributed by atoms with E-state index in [1.807, 2.05) is 6.08 Å². The van der Waals surface area contributed by atoms with Gasteiger partial charge in [-0.3, -0.25) is 14.2 Å². The highest BCUT2D eigenvalue weighted by Gasteiger charge is 2.64. The SMILES string of the molecule is CP(C)(=O)O[C@H]1C=CC2[C@@H]3CCC[C@@]24c2c(c(CCC(=O)ON5C(=O)CCC5=O)cc(O)c2O[C@@H]14)C3. The van der Waals surface area contributed by atoms with E-state index in [-0.39, 0.29) is 42.4 Å². The lowest BCUT2D eigenvalue weighted by Crippen LogP contribution is -2.58. The summed E-state index contributed by atoms with van der Waals surface area (Å²) in [6.45, 7) is 3.20. The molecule has 2 aliphatic heterocycles. The first-order valence-corrected chi connectivity index (χ1v) is 15.1. The maximum absolute atomic E-state index is 12.6. The van der Waals surface area contributed by atoms with E-state index in [0.29, 0.717) is 23.2 Å². The van der Waals surface area contributed by atoms with Crippen LogP contribution < -0.4 is 4.74 Å². The number of hydrogen-bond acceptors (Lipinski definition) is 8. The van der Waals surface area contributed by atoms with Crippen LogP contribution in [0.25, 0.3) is 0 Å². The number of phenolic OH excluding ortho intramolecular Hbond substituents is 1. The number of amides is 2. The van der Waals surface area contributed by atoms with Crippen LogP contribution in [-0.2, 0) is 46.6 Å². The molecule has 10 heteroatoms. The van der Waals surface area contributed by atoms with Crippen LogP contribution in [-0.4, -0.2) is 53.5 Å². The van der Waals surface area contributed by atoms with Crippen LogP contribution in [0.1, 0.15) is 55.2 Å². The van der Waals surface area contributed by atoms with Gasteiger partial charge >= 0.3 is 5.97 Å². The Morgan fingerprint density at radius 2 is 2.00 bits per heavy atom. The number of carbonyl (C=O) groups excluding carboxylic acids is 3. The zero-order valence-electron chi connectivity index (χ0n) is 20.4. The molecule has 2 fully saturated rings. The number of hydroxylamine groups is 2. The molecule has 1 spiro atoms. The first-order chi connectivity index (χ1) is 17.1. The Morgan fingerprint density at radius 3 is 2.72 bits per heavy atom. The number of imide groups is 1. The number of aromatic hydroxyl groups is 1. The van der Waals surface area contributed by atoms with Crippen molar-refractivity contribution in [3.63, 3.8) is 0 Å². The van der Waals surface area contributed by atoms with Gasteiger partial charge in [0.1, 0.15) is 12.2 Å². The molecule has 5 atom stereocenters. The fourth-order valence-electron chi connectivity index (χ4n) is 7.17. The molecule has 36 heavy (non-hydrogen) atoms. The lowest BCUT2D eigenvalue weighted by molar-refractivity contribution is -0.197. The van der Waals surface area contributed by atoms with Crippen LogP contribution in [0, 0.1) is 11.8 Å². The van der Waals surface area contributed by atoms with Gasteiger partial charge in [-0.05, 0) is 54.7 Å². The monoisotopic (exact) mass is 515 g/mol. The largest absolute Gasteiger partial charge is 0.504 e. The van der Waals surface area contributed by atoms with Crippen LogP contribution in [0.3, 0.4) is 0 Å². The number of aryl methyl sites for hydroxylation is 1. The van der Waals surface area contributed by atoms with Gasteiger partial charge in [0, 0.05) is 37.1 Å². The summed E-state index contributed by atoms with van der Waals surface area (Å²) in [5.41, 5.74) is 2.57. The summed E-state index contributed by atoms with van der Waals surface area (Å²) < 4.78 is 25.0. The molecular formula is C26H30NO8P. The number of allylic oxidation sites excluding steroid dienone is 1. The summed E-state index contributed by atoms with van der Waals surface area (Å²) in [5, 5.41) is 11.6. The first-order valence-electron chi connectivity index (χ1n) is 12.6. The van der Waals surface area contributed by atoms with Crippen molar-refractivity contribution in [1.82, 2.24) is 5.06 Å². The average Bonchev–Trinajstić information content (AvgIpc) is 3.31. The summed E-state index contributed by atoms with van der Waals surface area (Å²) in [6.07, 6.45) is 7.49. The summed E-state index contributed by atoms with van der Waals surface area (Å²) >= 11 is 0. The van der Waals surface area contributed by atoms with E-state index >= 15 is 0 Å². The summed E-state index contributed by atoms with van der Waals surface area (Å²) in [4.78, 5) is 41.1. The number of hydrogen-bond donors (Lipinski definition) is 1. The van der Waals surface area contributed by atoms with E-state index < -0.39 is 31.3 Å². The molecule has 2 amide bonds. The molecule has 0 aromatic heterocycles. The van der Waals surface area contributed by atoms with Crippen molar-refractivity contribution in [1.29, 1.82) is 0 Å². The van der Waals surface area contributed by atoms with Gasteiger partial charge in [-0.15, -0.1) is 5.06 Å². The molecule has 2 bridgehead atoms. The first kappa shape index (κ1) is 23.7. The van der Waals surface area contributed by atoms with E-state index in [4.69, 9.17) is 14.1 Å². The van der Waals surface area contributed by atoms with Crippen molar-refractivity contribution >= 4 is 25.2 Å². The Balaban J connectivity index is 1.33. The fourth-order valence-corrected chi connectivity index (χ4v) is 7.94. The molecular weight excluding hydrogens is 485 g/mol. The predicted octanol–water partition coefficient (Wildman–Crippen LogP) is 3.40. The van der Waals surface area contributed by atoms with Crippen LogP contribution in [0.15, 0.2) is 18.2 Å². The lowest BCUT2D eigenvalue weighted by atomic mass is 9.49. The Morgan fingerprint density at radius 1 is 1.25 bits per heavy atom. The van der Waals surface area contributed by atoms with Crippen LogP contribution in [0.2, 0.25) is 0 Å². The highest BCUT2D eigenvalue weighted by atomic mass is 31.2. The Hall–Kier alpha value is -2.64. The molecule has 2 heterocycles. The van der Waals surface area contributed by atoms with E-state index in [1.165, 1.54) is 0 Å². The molecule has 1 unspecified atom stereocenters. The molecule has 5 aliphatic rings. The molecule has 1 aromatic carbocycles. The molecule has 9 nitrogen and oxygen atoms in total. The number of nitrogens with zero attached hydrogens (tertiary/aromatic N) is 1. The third kappa shape index (κ3) is 3.54. The van der Waals surface area contributed by atoms with E-state index in [0.717, 1.165) is 42.4 Å². The summed E-state index contributed by atoms with van der Waals surface area (Å²) in [6, 6.07) is 1.66. The quantitative estimate of drug-likeness (QED) is 0.348. The molecule has 0 radical (unpaired) electrons. The number of ether oxygens (including phenoxy) is 1. The van der Waals surface area contributed by atoms with E-state index in [9.17, 15) is 24.1 Å². The van der Waals surface area contributed by atoms with Crippen molar-refractivity contribution in [3.8, 4) is 11.5 Å². The minimum atomic E-state index is -2.79. The van der Waals surface area contributed by atoms with Gasteiger partial charge in [0.05, 0.1) is 6.42 Å². The molecule has 3 aliphatic carbocycles. The molecule has 192 valence electrons. The average molecular weight is 515 g/mol. The van der Waals surface area contributed by atoms with Gasteiger partial charge in [-0.1, -0.05) is 18.6 Å². The number of rotatable bonds is 6. The molecule has 6 rings (SSSR count). The van der Waals surface area contributed by atoms with Gasteiger partial charge < -0.3 is 19.2 Å². The smallest absolute Gasteiger partial charge is 0.333 e. The van der Waals surface area contributed by atoms with Crippen molar-refractivity contribution in [2.45, 2.75) is 69.0 Å². The standard InChI is InChI=1S/C26H30NO8P/c1-36(2,32)35-19-7-6-17-15-4-3-11-26(17)23-16(12-15)14(13-18(28)24(23)33-25(19)26)5-10-22(31)34-27-20(29)8-9-21(27)30/h6-7,13,15,17,19,25,28H,3-5,8-12H2,1-2H3/t15-,17?,19+,25+,26+/m1/s1. The highest BCUT2D eigenvalue weighted by molar-refractivity contribution is 7.57. The molecule has 1 saturated carbocycles. The van der Waals surface area contributed by atoms with Gasteiger partial charge in [-0.2, -0.15) is 0 Å².